The van der Waals surface area contributed by atoms with Crippen molar-refractivity contribution in [2.24, 2.45) is 0 Å². The molecule has 1 aromatic heterocycles. The van der Waals surface area contributed by atoms with Gasteiger partial charge < -0.3 is 10.6 Å². The maximum atomic E-state index is 5.83. The van der Waals surface area contributed by atoms with Crippen molar-refractivity contribution in [3.63, 3.8) is 0 Å². The SMILES string of the molecule is CCc1ccccc1CNc1nc(Cl)nc(NC)n1. The van der Waals surface area contributed by atoms with Gasteiger partial charge in [0.25, 0.3) is 0 Å². The van der Waals surface area contributed by atoms with E-state index in [2.05, 4.69) is 44.6 Å². The summed E-state index contributed by atoms with van der Waals surface area (Å²) in [5.74, 6) is 0.918. The molecule has 0 aliphatic carbocycles. The van der Waals surface area contributed by atoms with E-state index in [-0.39, 0.29) is 5.28 Å². The number of nitrogens with one attached hydrogen (secondary N) is 2. The van der Waals surface area contributed by atoms with E-state index in [0.717, 1.165) is 6.42 Å². The van der Waals surface area contributed by atoms with Crippen molar-refractivity contribution >= 4 is 23.5 Å². The van der Waals surface area contributed by atoms with E-state index in [0.29, 0.717) is 18.4 Å². The van der Waals surface area contributed by atoms with E-state index in [9.17, 15) is 0 Å². The summed E-state index contributed by atoms with van der Waals surface area (Å²) >= 11 is 5.83. The zero-order valence-corrected chi connectivity index (χ0v) is 11.7. The average Bonchev–Trinajstić information content (AvgIpc) is 2.44. The Morgan fingerprint density at radius 2 is 1.74 bits per heavy atom. The van der Waals surface area contributed by atoms with Crippen LogP contribution in [0.5, 0.6) is 0 Å². The summed E-state index contributed by atoms with van der Waals surface area (Å²) < 4.78 is 0. The minimum absolute atomic E-state index is 0.172. The van der Waals surface area contributed by atoms with Crippen molar-refractivity contribution in [1.29, 1.82) is 0 Å². The van der Waals surface area contributed by atoms with Gasteiger partial charge in [0, 0.05) is 13.6 Å². The van der Waals surface area contributed by atoms with E-state index >= 15 is 0 Å². The molecule has 2 aromatic rings. The molecule has 1 heterocycles. The smallest absolute Gasteiger partial charge is 0.229 e. The molecule has 0 spiro atoms. The molecule has 0 aliphatic heterocycles. The molecule has 0 saturated carbocycles. The molecular weight excluding hydrogens is 262 g/mol. The molecule has 0 bridgehead atoms. The highest BCUT2D eigenvalue weighted by Crippen LogP contribution is 2.13. The fourth-order valence-corrected chi connectivity index (χ4v) is 1.95. The lowest BCUT2D eigenvalue weighted by molar-refractivity contribution is 0.983. The number of hydrogen-bond donors (Lipinski definition) is 2. The minimum Gasteiger partial charge on any atom is -0.357 e. The van der Waals surface area contributed by atoms with Crippen LogP contribution in [0.15, 0.2) is 24.3 Å². The first-order valence-corrected chi connectivity index (χ1v) is 6.50. The maximum absolute atomic E-state index is 5.83. The zero-order chi connectivity index (χ0) is 13.7. The highest BCUT2D eigenvalue weighted by Gasteiger charge is 2.04. The van der Waals surface area contributed by atoms with Crippen molar-refractivity contribution in [2.45, 2.75) is 19.9 Å². The minimum atomic E-state index is 0.172. The predicted octanol–water partition coefficient (Wildman–Crippen LogP) is 2.74. The van der Waals surface area contributed by atoms with Crippen LogP contribution in [-0.2, 0) is 13.0 Å². The Morgan fingerprint density at radius 1 is 1.05 bits per heavy atom. The summed E-state index contributed by atoms with van der Waals surface area (Å²) in [6.45, 7) is 2.80. The Morgan fingerprint density at radius 3 is 2.42 bits per heavy atom. The van der Waals surface area contributed by atoms with Gasteiger partial charge in [0.05, 0.1) is 0 Å². The van der Waals surface area contributed by atoms with Gasteiger partial charge in [-0.15, -0.1) is 0 Å². The normalized spacial score (nSPS) is 10.3. The molecule has 0 unspecified atom stereocenters. The van der Waals surface area contributed by atoms with Crippen molar-refractivity contribution < 1.29 is 0 Å². The van der Waals surface area contributed by atoms with Crippen LogP contribution >= 0.6 is 11.6 Å². The monoisotopic (exact) mass is 277 g/mol. The molecule has 0 aliphatic rings. The van der Waals surface area contributed by atoms with Gasteiger partial charge in [-0.2, -0.15) is 15.0 Å². The summed E-state index contributed by atoms with van der Waals surface area (Å²) in [6.07, 6.45) is 0.998. The fourth-order valence-electron chi connectivity index (χ4n) is 1.79. The standard InChI is InChI=1S/C13H16ClN5/c1-3-9-6-4-5-7-10(9)8-16-13-18-11(14)17-12(15-2)19-13/h4-7H,3,8H2,1-2H3,(H2,15,16,17,18,19). The number of hydrogen-bond acceptors (Lipinski definition) is 5. The Kier molecular flexibility index (Phi) is 4.52. The van der Waals surface area contributed by atoms with Crippen LogP contribution in [0.3, 0.4) is 0 Å². The summed E-state index contributed by atoms with van der Waals surface area (Å²) in [4.78, 5) is 12.2. The molecule has 1 aromatic carbocycles. The first kappa shape index (κ1) is 13.5. The number of halogens is 1. The number of nitrogens with zero attached hydrogens (tertiary/aromatic N) is 3. The molecular formula is C13H16ClN5. The molecule has 0 fully saturated rings. The van der Waals surface area contributed by atoms with E-state index in [1.165, 1.54) is 11.1 Å². The molecule has 0 amide bonds. The Hall–Kier alpha value is -1.88. The summed E-state index contributed by atoms with van der Waals surface area (Å²) in [5.41, 5.74) is 2.54. The van der Waals surface area contributed by atoms with Gasteiger partial charge in [-0.3, -0.25) is 0 Å². The summed E-state index contributed by atoms with van der Waals surface area (Å²) in [7, 11) is 1.74. The molecule has 2 N–H and O–H groups in total. The van der Waals surface area contributed by atoms with Crippen LogP contribution in [0, 0.1) is 0 Å². The predicted molar refractivity (Wildman–Crippen MR) is 77.5 cm³/mol. The number of rotatable bonds is 5. The fraction of sp³-hybridized carbons (Fsp3) is 0.308. The Balaban J connectivity index is 2.12. The van der Waals surface area contributed by atoms with Crippen LogP contribution in [0.1, 0.15) is 18.1 Å². The van der Waals surface area contributed by atoms with Crippen LogP contribution in [-0.4, -0.2) is 22.0 Å². The molecule has 6 heteroatoms. The summed E-state index contributed by atoms with van der Waals surface area (Å²) in [6, 6.07) is 8.28. The second kappa shape index (κ2) is 6.33. The lowest BCUT2D eigenvalue weighted by Crippen LogP contribution is -2.08. The topological polar surface area (TPSA) is 62.7 Å². The van der Waals surface area contributed by atoms with E-state index in [4.69, 9.17) is 11.6 Å². The van der Waals surface area contributed by atoms with Gasteiger partial charge in [-0.25, -0.2) is 0 Å². The zero-order valence-electron chi connectivity index (χ0n) is 10.9. The van der Waals surface area contributed by atoms with Gasteiger partial charge >= 0.3 is 0 Å². The highest BCUT2D eigenvalue weighted by atomic mass is 35.5. The Bertz CT molecular complexity index is 558. The summed E-state index contributed by atoms with van der Waals surface area (Å²) in [5, 5.41) is 6.18. The molecule has 19 heavy (non-hydrogen) atoms. The van der Waals surface area contributed by atoms with Gasteiger partial charge in [0.1, 0.15) is 0 Å². The maximum Gasteiger partial charge on any atom is 0.229 e. The number of anilines is 2. The first-order chi connectivity index (χ1) is 9.22. The molecule has 2 rings (SSSR count). The second-order valence-electron chi connectivity index (χ2n) is 3.98. The van der Waals surface area contributed by atoms with E-state index < -0.39 is 0 Å². The quantitative estimate of drug-likeness (QED) is 0.880. The van der Waals surface area contributed by atoms with Gasteiger partial charge in [-0.05, 0) is 29.1 Å². The second-order valence-corrected chi connectivity index (χ2v) is 4.32. The van der Waals surface area contributed by atoms with Crippen molar-refractivity contribution in [3.05, 3.63) is 40.7 Å². The van der Waals surface area contributed by atoms with Gasteiger partial charge in [0.15, 0.2) is 0 Å². The number of aromatic nitrogens is 3. The number of aryl methyl sites for hydroxylation is 1. The highest BCUT2D eigenvalue weighted by molar-refractivity contribution is 6.28. The van der Waals surface area contributed by atoms with Gasteiger partial charge in [0.2, 0.25) is 17.2 Å². The molecule has 0 saturated heterocycles. The van der Waals surface area contributed by atoms with Crippen LogP contribution < -0.4 is 10.6 Å². The third-order valence-corrected chi connectivity index (χ3v) is 2.94. The first-order valence-electron chi connectivity index (χ1n) is 6.13. The van der Waals surface area contributed by atoms with Gasteiger partial charge in [-0.1, -0.05) is 31.2 Å². The van der Waals surface area contributed by atoms with Crippen molar-refractivity contribution in [2.75, 3.05) is 17.7 Å². The largest absolute Gasteiger partial charge is 0.357 e. The third-order valence-electron chi connectivity index (χ3n) is 2.77. The van der Waals surface area contributed by atoms with E-state index in [1.54, 1.807) is 7.05 Å². The van der Waals surface area contributed by atoms with Crippen molar-refractivity contribution in [1.82, 2.24) is 15.0 Å². The van der Waals surface area contributed by atoms with Crippen LogP contribution in [0.25, 0.3) is 0 Å². The van der Waals surface area contributed by atoms with Crippen LogP contribution in [0.4, 0.5) is 11.9 Å². The molecule has 5 nitrogen and oxygen atoms in total. The number of benzene rings is 1. The average molecular weight is 278 g/mol. The molecule has 100 valence electrons. The lowest BCUT2D eigenvalue weighted by Gasteiger charge is -2.09. The molecule has 0 atom stereocenters. The van der Waals surface area contributed by atoms with Crippen LogP contribution in [0.2, 0.25) is 5.28 Å². The lowest BCUT2D eigenvalue weighted by atomic mass is 10.1. The third kappa shape index (κ3) is 3.54. The molecule has 0 radical (unpaired) electrons. The Labute approximate surface area is 117 Å². The van der Waals surface area contributed by atoms with Crippen molar-refractivity contribution in [3.8, 4) is 0 Å². The van der Waals surface area contributed by atoms with E-state index in [1.807, 2.05) is 12.1 Å².